The van der Waals surface area contributed by atoms with Gasteiger partial charge in [-0.2, -0.15) is 0 Å². The molecule has 3 N–H and O–H groups in total. The SMILES string of the molecule is CC(NC(=O)OC(C)(C)C)C(CC(=O)O)NC(=O)OC(C)(C)C. The zero-order valence-electron chi connectivity index (χ0n) is 14.9. The predicted octanol–water partition coefficient (Wildman–Crippen LogP) is 2.27. The summed E-state index contributed by atoms with van der Waals surface area (Å²) < 4.78 is 10.2. The number of nitrogens with one attached hydrogen (secondary N) is 2. The molecule has 134 valence electrons. The number of rotatable bonds is 5. The average molecular weight is 332 g/mol. The molecule has 0 fully saturated rings. The molecule has 0 aliphatic heterocycles. The smallest absolute Gasteiger partial charge is 0.407 e. The van der Waals surface area contributed by atoms with Gasteiger partial charge in [-0.3, -0.25) is 4.79 Å². The molecule has 0 aliphatic rings. The Morgan fingerprint density at radius 1 is 0.913 bits per heavy atom. The molecule has 2 unspecified atom stereocenters. The number of ether oxygens (including phenoxy) is 2. The second-order valence-electron chi connectivity index (χ2n) is 7.29. The van der Waals surface area contributed by atoms with E-state index in [1.165, 1.54) is 0 Å². The van der Waals surface area contributed by atoms with Gasteiger partial charge in [-0.15, -0.1) is 0 Å². The standard InChI is InChI=1S/C15H28N2O6/c1-9(16-12(20)22-14(2,3)4)10(8-11(18)19)17-13(21)23-15(5,6)7/h9-10H,8H2,1-7H3,(H,16,20)(H,17,21)(H,18,19). The second kappa shape index (κ2) is 8.03. The lowest BCUT2D eigenvalue weighted by Gasteiger charge is -2.28. The van der Waals surface area contributed by atoms with Crippen molar-refractivity contribution in [1.82, 2.24) is 10.6 Å². The molecular weight excluding hydrogens is 304 g/mol. The molecule has 0 bridgehead atoms. The Bertz CT molecular complexity index is 436. The number of alkyl carbamates (subject to hydrolysis) is 2. The maximum atomic E-state index is 11.8. The van der Waals surface area contributed by atoms with Gasteiger partial charge in [-0.05, 0) is 48.5 Å². The molecule has 0 rings (SSSR count). The highest BCUT2D eigenvalue weighted by Gasteiger charge is 2.27. The first kappa shape index (κ1) is 21.0. The molecule has 0 saturated carbocycles. The highest BCUT2D eigenvalue weighted by Crippen LogP contribution is 2.10. The van der Waals surface area contributed by atoms with Gasteiger partial charge in [0, 0.05) is 0 Å². The van der Waals surface area contributed by atoms with Crippen LogP contribution in [0.2, 0.25) is 0 Å². The van der Waals surface area contributed by atoms with Crippen molar-refractivity contribution in [3.05, 3.63) is 0 Å². The van der Waals surface area contributed by atoms with E-state index in [-0.39, 0.29) is 6.42 Å². The molecular formula is C15H28N2O6. The van der Waals surface area contributed by atoms with Crippen molar-refractivity contribution in [2.45, 2.75) is 78.2 Å². The van der Waals surface area contributed by atoms with Crippen LogP contribution < -0.4 is 10.6 Å². The zero-order chi connectivity index (χ0) is 18.4. The quantitative estimate of drug-likeness (QED) is 0.711. The highest BCUT2D eigenvalue weighted by molar-refractivity contribution is 5.73. The minimum absolute atomic E-state index is 0.365. The Morgan fingerprint density at radius 3 is 1.65 bits per heavy atom. The number of carbonyl (C=O) groups excluding carboxylic acids is 2. The maximum absolute atomic E-state index is 11.8. The van der Waals surface area contributed by atoms with Crippen molar-refractivity contribution in [1.29, 1.82) is 0 Å². The molecule has 2 amide bonds. The number of amides is 2. The van der Waals surface area contributed by atoms with Crippen LogP contribution in [0.25, 0.3) is 0 Å². The minimum atomic E-state index is -1.11. The molecule has 8 heteroatoms. The fourth-order valence-electron chi connectivity index (χ4n) is 1.59. The van der Waals surface area contributed by atoms with Gasteiger partial charge >= 0.3 is 18.2 Å². The summed E-state index contributed by atoms with van der Waals surface area (Å²) in [6.07, 6.45) is -1.80. The fraction of sp³-hybridized carbons (Fsp3) is 0.800. The summed E-state index contributed by atoms with van der Waals surface area (Å²) >= 11 is 0. The lowest BCUT2D eigenvalue weighted by Crippen LogP contribution is -2.52. The van der Waals surface area contributed by atoms with Gasteiger partial charge in [0.15, 0.2) is 0 Å². The summed E-state index contributed by atoms with van der Waals surface area (Å²) in [5.74, 6) is -1.11. The Kier molecular flexibility index (Phi) is 7.33. The second-order valence-corrected chi connectivity index (χ2v) is 7.29. The van der Waals surface area contributed by atoms with Crippen LogP contribution in [0.1, 0.15) is 54.9 Å². The van der Waals surface area contributed by atoms with Crippen LogP contribution in [0.4, 0.5) is 9.59 Å². The van der Waals surface area contributed by atoms with E-state index in [0.717, 1.165) is 0 Å². The van der Waals surface area contributed by atoms with E-state index in [2.05, 4.69) is 10.6 Å². The Balaban J connectivity index is 4.79. The van der Waals surface area contributed by atoms with Crippen LogP contribution in [-0.2, 0) is 14.3 Å². The molecule has 0 radical (unpaired) electrons. The predicted molar refractivity (Wildman–Crippen MR) is 84.2 cm³/mol. The summed E-state index contributed by atoms with van der Waals surface area (Å²) in [5, 5.41) is 13.9. The average Bonchev–Trinajstić information content (AvgIpc) is 2.21. The molecule has 0 saturated heterocycles. The molecule has 23 heavy (non-hydrogen) atoms. The summed E-state index contributed by atoms with van der Waals surface area (Å²) in [5.41, 5.74) is -1.38. The van der Waals surface area contributed by atoms with Gasteiger partial charge in [0.2, 0.25) is 0 Å². The zero-order valence-corrected chi connectivity index (χ0v) is 14.9. The monoisotopic (exact) mass is 332 g/mol. The van der Waals surface area contributed by atoms with E-state index in [1.807, 2.05) is 0 Å². The van der Waals surface area contributed by atoms with E-state index in [0.29, 0.717) is 0 Å². The van der Waals surface area contributed by atoms with Crippen LogP contribution in [-0.4, -0.2) is 46.5 Å². The minimum Gasteiger partial charge on any atom is -0.481 e. The van der Waals surface area contributed by atoms with E-state index in [4.69, 9.17) is 14.6 Å². The van der Waals surface area contributed by atoms with Crippen LogP contribution in [0, 0.1) is 0 Å². The van der Waals surface area contributed by atoms with Gasteiger partial charge in [-0.1, -0.05) is 0 Å². The first-order chi connectivity index (χ1) is 10.2. The molecule has 0 heterocycles. The van der Waals surface area contributed by atoms with Gasteiger partial charge in [-0.25, -0.2) is 9.59 Å². The van der Waals surface area contributed by atoms with E-state index in [1.54, 1.807) is 48.5 Å². The van der Waals surface area contributed by atoms with E-state index >= 15 is 0 Å². The fourth-order valence-corrected chi connectivity index (χ4v) is 1.59. The van der Waals surface area contributed by atoms with Gasteiger partial charge in [0.05, 0.1) is 18.5 Å². The van der Waals surface area contributed by atoms with Crippen LogP contribution in [0.15, 0.2) is 0 Å². The van der Waals surface area contributed by atoms with Gasteiger partial charge in [0.1, 0.15) is 11.2 Å². The molecule has 0 aliphatic carbocycles. The third-order valence-electron chi connectivity index (χ3n) is 2.44. The number of hydrogen-bond donors (Lipinski definition) is 3. The molecule has 0 aromatic rings. The largest absolute Gasteiger partial charge is 0.481 e. The summed E-state index contributed by atoms with van der Waals surface area (Å²) in [7, 11) is 0. The Morgan fingerprint density at radius 2 is 1.30 bits per heavy atom. The number of carboxylic acid groups (broad SMARTS) is 1. The lowest BCUT2D eigenvalue weighted by molar-refractivity contribution is -0.137. The number of hydrogen-bond acceptors (Lipinski definition) is 5. The van der Waals surface area contributed by atoms with Crippen LogP contribution in [0.5, 0.6) is 0 Å². The Labute approximate surface area is 136 Å². The van der Waals surface area contributed by atoms with Crippen molar-refractivity contribution < 1.29 is 29.0 Å². The van der Waals surface area contributed by atoms with Crippen LogP contribution >= 0.6 is 0 Å². The van der Waals surface area contributed by atoms with E-state index < -0.39 is 41.4 Å². The van der Waals surface area contributed by atoms with Gasteiger partial charge in [0.25, 0.3) is 0 Å². The number of carbonyl (C=O) groups is 3. The molecule has 0 spiro atoms. The third-order valence-corrected chi connectivity index (χ3v) is 2.44. The third kappa shape index (κ3) is 11.3. The molecule has 0 aromatic carbocycles. The first-order valence-electron chi connectivity index (χ1n) is 7.40. The summed E-state index contributed by atoms with van der Waals surface area (Å²) in [6.45, 7) is 11.8. The topological polar surface area (TPSA) is 114 Å². The van der Waals surface area contributed by atoms with Crippen molar-refractivity contribution in [3.8, 4) is 0 Å². The van der Waals surface area contributed by atoms with Crippen molar-refractivity contribution in [3.63, 3.8) is 0 Å². The van der Waals surface area contributed by atoms with Crippen molar-refractivity contribution >= 4 is 18.2 Å². The molecule has 0 aromatic heterocycles. The van der Waals surface area contributed by atoms with Crippen LogP contribution in [0.3, 0.4) is 0 Å². The lowest BCUT2D eigenvalue weighted by atomic mass is 10.1. The maximum Gasteiger partial charge on any atom is 0.407 e. The number of aliphatic carboxylic acids is 1. The van der Waals surface area contributed by atoms with Crippen molar-refractivity contribution in [2.75, 3.05) is 0 Å². The van der Waals surface area contributed by atoms with Gasteiger partial charge < -0.3 is 25.2 Å². The molecule has 2 atom stereocenters. The highest BCUT2D eigenvalue weighted by atomic mass is 16.6. The Hall–Kier alpha value is -1.99. The van der Waals surface area contributed by atoms with Crippen molar-refractivity contribution in [2.24, 2.45) is 0 Å². The molecule has 8 nitrogen and oxygen atoms in total. The van der Waals surface area contributed by atoms with E-state index in [9.17, 15) is 14.4 Å². The summed E-state index contributed by atoms with van der Waals surface area (Å²) in [4.78, 5) is 34.5. The summed E-state index contributed by atoms with van der Waals surface area (Å²) in [6, 6.07) is -1.50. The number of carboxylic acids is 1. The first-order valence-corrected chi connectivity index (χ1v) is 7.40. The normalized spacial score (nSPS) is 14.4.